The number of hydrogen-bond acceptors (Lipinski definition) is 6. The van der Waals surface area contributed by atoms with E-state index < -0.39 is 17.8 Å². The molecule has 172 valence electrons. The molecule has 0 radical (unpaired) electrons. The number of aliphatic carboxylic acids is 1. The lowest BCUT2D eigenvalue weighted by Crippen LogP contribution is -2.14. The summed E-state index contributed by atoms with van der Waals surface area (Å²) in [6, 6.07) is 20.2. The van der Waals surface area contributed by atoms with Gasteiger partial charge in [-0.25, -0.2) is 4.39 Å². The van der Waals surface area contributed by atoms with Gasteiger partial charge in [0.2, 0.25) is 0 Å². The molecule has 3 N–H and O–H groups in total. The lowest BCUT2D eigenvalue weighted by Gasteiger charge is -2.12. The predicted octanol–water partition coefficient (Wildman–Crippen LogP) is 4.31. The number of nitrogens with two attached hydrogens (primary N) is 1. The van der Waals surface area contributed by atoms with Crippen molar-refractivity contribution in [2.45, 2.75) is 19.1 Å². The van der Waals surface area contributed by atoms with E-state index in [4.69, 9.17) is 25.2 Å². The summed E-state index contributed by atoms with van der Waals surface area (Å²) in [5.74, 6) is -0.823. The zero-order valence-electron chi connectivity index (χ0n) is 18.1. The van der Waals surface area contributed by atoms with Gasteiger partial charge in [-0.1, -0.05) is 53.7 Å². The zero-order chi connectivity index (χ0) is 23.6. The van der Waals surface area contributed by atoms with Crippen molar-refractivity contribution in [3.8, 4) is 11.5 Å². The second kappa shape index (κ2) is 11.6. The zero-order valence-corrected chi connectivity index (χ0v) is 18.1. The smallest absolute Gasteiger partial charge is 0.305 e. The van der Waals surface area contributed by atoms with Crippen LogP contribution >= 0.6 is 0 Å². The molecule has 33 heavy (non-hydrogen) atoms. The first-order chi connectivity index (χ1) is 16.0. The van der Waals surface area contributed by atoms with E-state index in [1.807, 2.05) is 30.3 Å². The van der Waals surface area contributed by atoms with E-state index in [2.05, 4.69) is 5.16 Å². The predicted molar refractivity (Wildman–Crippen MR) is 122 cm³/mol. The van der Waals surface area contributed by atoms with Crippen molar-refractivity contribution in [2.75, 3.05) is 13.7 Å². The van der Waals surface area contributed by atoms with Crippen LogP contribution < -0.4 is 15.2 Å². The molecular weight excluding hydrogens is 427 g/mol. The molecule has 0 fully saturated rings. The summed E-state index contributed by atoms with van der Waals surface area (Å²) in [4.78, 5) is 15.6. The summed E-state index contributed by atoms with van der Waals surface area (Å²) >= 11 is 0. The molecule has 0 amide bonds. The minimum Gasteiger partial charge on any atom is -0.489 e. The fraction of sp³-hybridized carbons (Fsp3) is 0.200. The van der Waals surface area contributed by atoms with Crippen LogP contribution in [-0.4, -0.2) is 30.5 Å². The van der Waals surface area contributed by atoms with Gasteiger partial charge in [0.25, 0.3) is 0 Å². The number of carboxylic acids is 1. The van der Waals surface area contributed by atoms with Crippen LogP contribution in [0.3, 0.4) is 0 Å². The monoisotopic (exact) mass is 452 g/mol. The van der Waals surface area contributed by atoms with E-state index in [1.54, 1.807) is 30.3 Å². The van der Waals surface area contributed by atoms with Crippen molar-refractivity contribution in [1.82, 2.24) is 0 Å². The number of ether oxygens (including phenoxy) is 2. The van der Waals surface area contributed by atoms with Gasteiger partial charge in [-0.3, -0.25) is 4.79 Å². The van der Waals surface area contributed by atoms with Crippen LogP contribution in [0.5, 0.6) is 11.5 Å². The second-order valence-corrected chi connectivity index (χ2v) is 7.20. The Morgan fingerprint density at radius 2 is 1.79 bits per heavy atom. The van der Waals surface area contributed by atoms with Crippen LogP contribution in [0.2, 0.25) is 0 Å². The van der Waals surface area contributed by atoms with Crippen LogP contribution in [0.25, 0.3) is 0 Å². The Hall–Kier alpha value is -3.91. The average Bonchev–Trinajstić information content (AvgIpc) is 2.81. The van der Waals surface area contributed by atoms with Gasteiger partial charge in [0.1, 0.15) is 31.8 Å². The highest BCUT2D eigenvalue weighted by Gasteiger charge is 2.12. The van der Waals surface area contributed by atoms with Crippen molar-refractivity contribution in [3.05, 3.63) is 95.3 Å². The molecule has 0 aromatic heterocycles. The Kier molecular flexibility index (Phi) is 8.37. The van der Waals surface area contributed by atoms with Crippen LogP contribution in [0.1, 0.15) is 29.2 Å². The van der Waals surface area contributed by atoms with Crippen molar-refractivity contribution in [3.63, 3.8) is 0 Å². The number of benzene rings is 3. The van der Waals surface area contributed by atoms with Gasteiger partial charge in [0.05, 0.1) is 6.42 Å². The standard InChI is InChI=1S/C25H25FN2O5/c1-31-28-23(19-5-3-2-4-6-19)16-33-24-12-7-17(13-21(24)26)15-32-20-10-8-18(9-11-20)22(27)14-25(29)30/h2-13,22H,14-16,27H2,1H3,(H,29,30)/b28-23+. The van der Waals surface area contributed by atoms with Gasteiger partial charge < -0.3 is 25.2 Å². The number of hydrogen-bond donors (Lipinski definition) is 2. The molecule has 0 spiro atoms. The fourth-order valence-electron chi connectivity index (χ4n) is 3.08. The van der Waals surface area contributed by atoms with Gasteiger partial charge in [-0.05, 0) is 35.4 Å². The van der Waals surface area contributed by atoms with E-state index >= 15 is 0 Å². The third kappa shape index (κ3) is 7.05. The van der Waals surface area contributed by atoms with Crippen molar-refractivity contribution >= 4 is 11.7 Å². The molecule has 3 rings (SSSR count). The highest BCUT2D eigenvalue weighted by molar-refractivity contribution is 6.01. The van der Waals surface area contributed by atoms with Gasteiger partial charge in [0.15, 0.2) is 11.6 Å². The van der Waals surface area contributed by atoms with Gasteiger partial charge in [-0.2, -0.15) is 0 Å². The summed E-state index contributed by atoms with van der Waals surface area (Å²) in [7, 11) is 1.44. The van der Waals surface area contributed by atoms with Gasteiger partial charge in [-0.15, -0.1) is 0 Å². The maximum Gasteiger partial charge on any atom is 0.305 e. The van der Waals surface area contributed by atoms with E-state index in [0.717, 1.165) is 5.56 Å². The minimum absolute atomic E-state index is 0.0426. The topological polar surface area (TPSA) is 103 Å². The highest BCUT2D eigenvalue weighted by Crippen LogP contribution is 2.22. The maximum atomic E-state index is 14.5. The molecule has 7 nitrogen and oxygen atoms in total. The Balaban J connectivity index is 1.57. The Morgan fingerprint density at radius 3 is 2.42 bits per heavy atom. The Labute approximate surface area is 191 Å². The minimum atomic E-state index is -0.959. The van der Waals surface area contributed by atoms with Crippen molar-refractivity contribution < 1.29 is 28.6 Å². The molecule has 0 bridgehead atoms. The lowest BCUT2D eigenvalue weighted by molar-refractivity contribution is -0.137. The molecule has 1 unspecified atom stereocenters. The number of halogens is 1. The molecule has 0 saturated carbocycles. The molecule has 0 aliphatic rings. The summed E-state index contributed by atoms with van der Waals surface area (Å²) < 4.78 is 25.8. The molecule has 0 aliphatic heterocycles. The summed E-state index contributed by atoms with van der Waals surface area (Å²) in [5.41, 5.74) is 8.53. The lowest BCUT2D eigenvalue weighted by atomic mass is 10.0. The molecule has 0 aliphatic carbocycles. The number of carbonyl (C=O) groups is 1. The fourth-order valence-corrected chi connectivity index (χ4v) is 3.08. The first kappa shape index (κ1) is 23.7. The van der Waals surface area contributed by atoms with Crippen LogP contribution in [0, 0.1) is 5.82 Å². The van der Waals surface area contributed by atoms with Crippen LogP contribution in [0.15, 0.2) is 78.0 Å². The van der Waals surface area contributed by atoms with Crippen molar-refractivity contribution in [1.29, 1.82) is 0 Å². The quantitative estimate of drug-likeness (QED) is 0.332. The molecular formula is C25H25FN2O5. The number of carboxylic acid groups (broad SMARTS) is 1. The Morgan fingerprint density at radius 1 is 1.06 bits per heavy atom. The van der Waals surface area contributed by atoms with E-state index in [1.165, 1.54) is 19.2 Å². The van der Waals surface area contributed by atoms with Crippen LogP contribution in [0.4, 0.5) is 4.39 Å². The molecule has 3 aromatic rings. The second-order valence-electron chi connectivity index (χ2n) is 7.20. The molecule has 1 atom stereocenters. The number of oxime groups is 1. The SMILES string of the molecule is CO/N=C(\COc1ccc(COc2ccc(C(N)CC(=O)O)cc2)cc1F)c1ccccc1. The third-order valence-corrected chi connectivity index (χ3v) is 4.78. The van der Waals surface area contributed by atoms with Crippen molar-refractivity contribution in [2.24, 2.45) is 10.9 Å². The third-order valence-electron chi connectivity index (χ3n) is 4.78. The van der Waals surface area contributed by atoms with E-state index in [-0.39, 0.29) is 25.4 Å². The highest BCUT2D eigenvalue weighted by atomic mass is 19.1. The summed E-state index contributed by atoms with van der Waals surface area (Å²) in [5, 5.41) is 12.8. The maximum absolute atomic E-state index is 14.5. The summed E-state index contributed by atoms with van der Waals surface area (Å²) in [6.45, 7) is 0.194. The first-order valence-corrected chi connectivity index (χ1v) is 10.2. The number of nitrogens with zero attached hydrogens (tertiary/aromatic N) is 1. The largest absolute Gasteiger partial charge is 0.489 e. The van der Waals surface area contributed by atoms with E-state index in [0.29, 0.717) is 22.6 Å². The molecule has 0 saturated heterocycles. The summed E-state index contributed by atoms with van der Waals surface area (Å²) in [6.07, 6.45) is -0.155. The average molecular weight is 452 g/mol. The van der Waals surface area contributed by atoms with Crippen LogP contribution in [-0.2, 0) is 16.2 Å². The molecule has 8 heteroatoms. The first-order valence-electron chi connectivity index (χ1n) is 10.2. The molecule has 0 heterocycles. The number of rotatable bonds is 11. The molecule has 3 aromatic carbocycles. The van der Waals surface area contributed by atoms with Gasteiger partial charge >= 0.3 is 5.97 Å². The Bertz CT molecular complexity index is 1090. The normalized spacial score (nSPS) is 12.2. The van der Waals surface area contributed by atoms with E-state index in [9.17, 15) is 9.18 Å². The van der Waals surface area contributed by atoms with Gasteiger partial charge in [0, 0.05) is 11.6 Å².